The Labute approximate surface area is 157 Å². The second-order valence-corrected chi connectivity index (χ2v) is 7.44. The van der Waals surface area contributed by atoms with Crippen LogP contribution in [-0.2, 0) is 11.3 Å². The molecule has 0 N–H and O–H groups in total. The van der Waals surface area contributed by atoms with Crippen molar-refractivity contribution < 1.29 is 19.0 Å². The van der Waals surface area contributed by atoms with E-state index in [1.165, 1.54) is 12.8 Å². The van der Waals surface area contributed by atoms with Gasteiger partial charge in [0.15, 0.2) is 11.5 Å². The van der Waals surface area contributed by atoms with E-state index in [4.69, 9.17) is 14.2 Å². The van der Waals surface area contributed by atoms with Crippen LogP contribution in [0.5, 0.6) is 11.5 Å². The van der Waals surface area contributed by atoms with Crippen molar-refractivity contribution in [3.63, 3.8) is 0 Å². The molecule has 1 saturated carbocycles. The van der Waals surface area contributed by atoms with E-state index in [1.807, 2.05) is 29.6 Å². The van der Waals surface area contributed by atoms with Crippen LogP contribution >= 0.6 is 0 Å². The fourth-order valence-electron chi connectivity index (χ4n) is 3.74. The Morgan fingerprint density at radius 2 is 2.11 bits per heavy atom. The molecule has 7 nitrogen and oxygen atoms in total. The number of hydrogen-bond donors (Lipinski definition) is 0. The maximum absolute atomic E-state index is 13.3. The minimum atomic E-state index is -0.0445. The lowest BCUT2D eigenvalue weighted by atomic mass is 10.1. The summed E-state index contributed by atoms with van der Waals surface area (Å²) in [5.74, 6) is 1.87. The van der Waals surface area contributed by atoms with E-state index in [9.17, 15) is 4.79 Å². The molecular weight excluding hydrogens is 346 g/mol. The molecule has 1 amide bonds. The summed E-state index contributed by atoms with van der Waals surface area (Å²) in [6.45, 7) is 3.50. The fourth-order valence-corrected chi connectivity index (χ4v) is 3.74. The predicted octanol–water partition coefficient (Wildman–Crippen LogP) is 2.28. The largest absolute Gasteiger partial charge is 0.486 e. The highest BCUT2D eigenvalue weighted by Gasteiger charge is 2.32. The topological polar surface area (TPSA) is 65.8 Å². The maximum Gasteiger partial charge on any atom is 0.258 e. The van der Waals surface area contributed by atoms with Crippen molar-refractivity contribution >= 4 is 5.91 Å². The number of imidazole rings is 1. The minimum absolute atomic E-state index is 0.0445. The van der Waals surface area contributed by atoms with Crippen LogP contribution in [0.25, 0.3) is 0 Å². The van der Waals surface area contributed by atoms with Gasteiger partial charge in [0.25, 0.3) is 5.91 Å². The van der Waals surface area contributed by atoms with Gasteiger partial charge in [-0.05, 0) is 30.9 Å². The molecule has 1 atom stereocenters. The Balaban J connectivity index is 1.36. The third-order valence-corrected chi connectivity index (χ3v) is 5.37. The molecule has 2 aliphatic heterocycles. The van der Waals surface area contributed by atoms with Crippen molar-refractivity contribution in [3.8, 4) is 11.5 Å². The van der Waals surface area contributed by atoms with Crippen LogP contribution in [0.2, 0.25) is 0 Å². The lowest BCUT2D eigenvalue weighted by Crippen LogP contribution is -2.42. The summed E-state index contributed by atoms with van der Waals surface area (Å²) in [6.07, 6.45) is 6.20. The summed E-state index contributed by atoms with van der Waals surface area (Å²) in [7, 11) is 0. The van der Waals surface area contributed by atoms with Crippen LogP contribution in [-0.4, -0.2) is 53.3 Å². The van der Waals surface area contributed by atoms with Crippen LogP contribution in [0.3, 0.4) is 0 Å². The number of carbonyl (C=O) groups excluding carboxylic acids is 1. The number of ether oxygens (including phenoxy) is 3. The number of hydrogen-bond acceptors (Lipinski definition) is 5. The van der Waals surface area contributed by atoms with Crippen molar-refractivity contribution in [2.24, 2.45) is 5.92 Å². The molecular formula is C20H23N3O4. The van der Waals surface area contributed by atoms with Crippen LogP contribution in [0.1, 0.15) is 34.9 Å². The number of aromatic nitrogens is 2. The molecule has 3 heterocycles. The highest BCUT2D eigenvalue weighted by molar-refractivity contribution is 5.98. The monoisotopic (exact) mass is 369 g/mol. The first kappa shape index (κ1) is 16.6. The lowest BCUT2D eigenvalue weighted by molar-refractivity contribution is 0.0493. The molecule has 7 heteroatoms. The average Bonchev–Trinajstić information content (AvgIpc) is 3.40. The van der Waals surface area contributed by atoms with Crippen LogP contribution in [0.4, 0.5) is 0 Å². The highest BCUT2D eigenvalue weighted by atomic mass is 16.6. The Morgan fingerprint density at radius 1 is 1.22 bits per heavy atom. The van der Waals surface area contributed by atoms with Gasteiger partial charge < -0.3 is 23.7 Å². The van der Waals surface area contributed by atoms with Gasteiger partial charge in [-0.1, -0.05) is 6.07 Å². The van der Waals surface area contributed by atoms with Crippen molar-refractivity contribution in [3.05, 3.63) is 42.0 Å². The molecule has 0 spiro atoms. The molecule has 0 saturated heterocycles. The second kappa shape index (κ2) is 6.88. The van der Waals surface area contributed by atoms with Gasteiger partial charge in [0.1, 0.15) is 13.2 Å². The Kier molecular flexibility index (Phi) is 4.24. The SMILES string of the molecule is O=C(c1cccc2c1OCCO2)N1Cc2cncn2[C@H](COCC2CC2)C1. The summed E-state index contributed by atoms with van der Waals surface area (Å²) in [5, 5.41) is 0. The van der Waals surface area contributed by atoms with E-state index in [-0.39, 0.29) is 11.9 Å². The average molecular weight is 369 g/mol. The molecule has 1 aromatic heterocycles. The molecule has 142 valence electrons. The van der Waals surface area contributed by atoms with E-state index >= 15 is 0 Å². The molecule has 2 aromatic rings. The number of carbonyl (C=O) groups is 1. The number of nitrogens with zero attached hydrogens (tertiary/aromatic N) is 3. The lowest BCUT2D eigenvalue weighted by Gasteiger charge is -2.35. The summed E-state index contributed by atoms with van der Waals surface area (Å²) >= 11 is 0. The normalized spacial score (nSPS) is 21.0. The van der Waals surface area contributed by atoms with Crippen LogP contribution < -0.4 is 9.47 Å². The third-order valence-electron chi connectivity index (χ3n) is 5.37. The fraction of sp³-hybridized carbons (Fsp3) is 0.500. The summed E-state index contributed by atoms with van der Waals surface area (Å²) < 4.78 is 19.4. The van der Waals surface area contributed by atoms with Crippen molar-refractivity contribution in [1.82, 2.24) is 14.5 Å². The van der Waals surface area contributed by atoms with Crippen molar-refractivity contribution in [1.29, 1.82) is 0 Å². The molecule has 0 unspecified atom stereocenters. The summed E-state index contributed by atoms with van der Waals surface area (Å²) in [4.78, 5) is 19.4. The van der Waals surface area contributed by atoms with Crippen LogP contribution in [0.15, 0.2) is 30.7 Å². The molecule has 1 aliphatic carbocycles. The molecule has 1 aromatic carbocycles. The highest BCUT2D eigenvalue weighted by Crippen LogP contribution is 2.35. The maximum atomic E-state index is 13.3. The standard InChI is InChI=1S/C20H23N3O4/c24-20(17-2-1-3-18-19(17)27-7-6-26-18)22-9-15-8-21-13-23(15)16(10-22)12-25-11-14-4-5-14/h1-3,8,13-14,16H,4-7,9-12H2/t16-/m0/s1. The van der Waals surface area contributed by atoms with E-state index in [1.54, 1.807) is 6.07 Å². The van der Waals surface area contributed by atoms with E-state index in [2.05, 4.69) is 9.55 Å². The molecule has 3 aliphatic rings. The van der Waals surface area contributed by atoms with Crippen molar-refractivity contribution in [2.75, 3.05) is 33.0 Å². The second-order valence-electron chi connectivity index (χ2n) is 7.44. The Hall–Kier alpha value is -2.54. The van der Waals surface area contributed by atoms with Gasteiger partial charge in [0.2, 0.25) is 0 Å². The van der Waals surface area contributed by atoms with E-state index in [0.29, 0.717) is 50.0 Å². The smallest absolute Gasteiger partial charge is 0.258 e. The van der Waals surface area contributed by atoms with Gasteiger partial charge in [-0.2, -0.15) is 0 Å². The number of amides is 1. The first-order chi connectivity index (χ1) is 13.3. The molecule has 0 bridgehead atoms. The zero-order chi connectivity index (χ0) is 18.2. The van der Waals surface area contributed by atoms with Gasteiger partial charge >= 0.3 is 0 Å². The number of benzene rings is 1. The molecule has 0 radical (unpaired) electrons. The zero-order valence-corrected chi connectivity index (χ0v) is 15.2. The zero-order valence-electron chi connectivity index (χ0n) is 15.2. The first-order valence-electron chi connectivity index (χ1n) is 9.56. The molecule has 5 rings (SSSR count). The quantitative estimate of drug-likeness (QED) is 0.809. The van der Waals surface area contributed by atoms with Crippen molar-refractivity contribution in [2.45, 2.75) is 25.4 Å². The third kappa shape index (κ3) is 3.27. The van der Waals surface area contributed by atoms with Gasteiger partial charge in [-0.3, -0.25) is 4.79 Å². The molecule has 27 heavy (non-hydrogen) atoms. The Bertz CT molecular complexity index is 846. The summed E-state index contributed by atoms with van der Waals surface area (Å²) in [5.41, 5.74) is 1.58. The number of para-hydroxylation sites is 1. The van der Waals surface area contributed by atoms with Crippen LogP contribution in [0, 0.1) is 5.92 Å². The number of rotatable bonds is 5. The first-order valence-corrected chi connectivity index (χ1v) is 9.56. The summed E-state index contributed by atoms with van der Waals surface area (Å²) in [6, 6.07) is 5.56. The number of fused-ring (bicyclic) bond motifs is 2. The van der Waals surface area contributed by atoms with Gasteiger partial charge in [-0.25, -0.2) is 4.98 Å². The molecule has 1 fully saturated rings. The van der Waals surface area contributed by atoms with Gasteiger partial charge in [0, 0.05) is 19.3 Å². The minimum Gasteiger partial charge on any atom is -0.486 e. The Morgan fingerprint density at radius 3 is 3.00 bits per heavy atom. The van der Waals surface area contributed by atoms with E-state index in [0.717, 1.165) is 18.2 Å². The van der Waals surface area contributed by atoms with Gasteiger partial charge in [-0.15, -0.1) is 0 Å². The predicted molar refractivity (Wildman–Crippen MR) is 97.0 cm³/mol. The van der Waals surface area contributed by atoms with Gasteiger partial charge in [0.05, 0.1) is 36.8 Å². The van der Waals surface area contributed by atoms with E-state index < -0.39 is 0 Å².